The van der Waals surface area contributed by atoms with Crippen molar-refractivity contribution in [1.82, 2.24) is 4.90 Å². The minimum absolute atomic E-state index is 0.258. The standard InChI is InChI=1S/C15H24N2OS/c16-13(19)15(8-2-1-3-9-15)14(18)17(12-6-7-12)10-11-4-5-11/h11-12H,1-10H2,(H2,16,19). The highest BCUT2D eigenvalue weighted by molar-refractivity contribution is 7.80. The van der Waals surface area contributed by atoms with Crippen molar-refractivity contribution in [1.29, 1.82) is 0 Å². The molecule has 0 aliphatic heterocycles. The molecule has 1 amide bonds. The van der Waals surface area contributed by atoms with Gasteiger partial charge in [-0.2, -0.15) is 0 Å². The lowest BCUT2D eigenvalue weighted by Gasteiger charge is -2.39. The van der Waals surface area contributed by atoms with Crippen LogP contribution in [0.3, 0.4) is 0 Å². The van der Waals surface area contributed by atoms with Crippen LogP contribution in [0.2, 0.25) is 0 Å². The first kappa shape index (κ1) is 13.3. The van der Waals surface area contributed by atoms with E-state index < -0.39 is 5.41 Å². The molecule has 3 saturated carbocycles. The number of nitrogens with two attached hydrogens (primary N) is 1. The van der Waals surface area contributed by atoms with E-state index in [4.69, 9.17) is 18.0 Å². The molecule has 3 aliphatic rings. The summed E-state index contributed by atoms with van der Waals surface area (Å²) in [6, 6.07) is 0.487. The minimum atomic E-state index is -0.509. The van der Waals surface area contributed by atoms with E-state index in [0.29, 0.717) is 11.0 Å². The Balaban J connectivity index is 1.78. The van der Waals surface area contributed by atoms with Crippen molar-refractivity contribution >= 4 is 23.1 Å². The fourth-order valence-electron chi connectivity index (χ4n) is 3.36. The minimum Gasteiger partial charge on any atom is -0.392 e. The predicted octanol–water partition coefficient (Wildman–Crippen LogP) is 2.62. The zero-order chi connectivity index (χ0) is 13.5. The van der Waals surface area contributed by atoms with Crippen molar-refractivity contribution in [2.75, 3.05) is 6.54 Å². The van der Waals surface area contributed by atoms with Gasteiger partial charge in [-0.25, -0.2) is 0 Å². The fourth-order valence-corrected chi connectivity index (χ4v) is 3.65. The van der Waals surface area contributed by atoms with Crippen molar-refractivity contribution in [2.45, 2.75) is 63.8 Å². The summed E-state index contributed by atoms with van der Waals surface area (Å²) in [6.07, 6.45) is 10.1. The SMILES string of the molecule is NC(=S)C1(C(=O)N(CC2CC2)C2CC2)CCCCC1. The summed E-state index contributed by atoms with van der Waals surface area (Å²) in [7, 11) is 0. The lowest BCUT2D eigenvalue weighted by molar-refractivity contribution is -0.140. The van der Waals surface area contributed by atoms with Gasteiger partial charge < -0.3 is 10.6 Å². The second-order valence-electron chi connectivity index (χ2n) is 6.64. The Labute approximate surface area is 120 Å². The van der Waals surface area contributed by atoms with Crippen molar-refractivity contribution in [3.05, 3.63) is 0 Å². The summed E-state index contributed by atoms with van der Waals surface area (Å²) in [4.78, 5) is 15.6. The Morgan fingerprint density at radius 1 is 1.16 bits per heavy atom. The molecule has 3 rings (SSSR count). The average molecular weight is 280 g/mol. The first-order valence-electron chi connectivity index (χ1n) is 7.74. The van der Waals surface area contributed by atoms with Crippen molar-refractivity contribution in [2.24, 2.45) is 17.1 Å². The third-order valence-corrected chi connectivity index (χ3v) is 5.38. The zero-order valence-electron chi connectivity index (χ0n) is 11.6. The van der Waals surface area contributed by atoms with Crippen molar-refractivity contribution in [3.63, 3.8) is 0 Å². The van der Waals surface area contributed by atoms with Crippen molar-refractivity contribution < 1.29 is 4.79 Å². The molecular weight excluding hydrogens is 256 g/mol. The Morgan fingerprint density at radius 2 is 1.79 bits per heavy atom. The largest absolute Gasteiger partial charge is 0.392 e. The summed E-state index contributed by atoms with van der Waals surface area (Å²) in [5.74, 6) is 1.01. The summed E-state index contributed by atoms with van der Waals surface area (Å²) in [5.41, 5.74) is 5.48. The van der Waals surface area contributed by atoms with Crippen LogP contribution in [0, 0.1) is 11.3 Å². The van der Waals surface area contributed by atoms with E-state index >= 15 is 0 Å². The number of rotatable bonds is 5. The van der Waals surface area contributed by atoms with E-state index in [2.05, 4.69) is 4.90 Å². The number of amides is 1. The first-order chi connectivity index (χ1) is 9.13. The van der Waals surface area contributed by atoms with Crippen LogP contribution < -0.4 is 5.73 Å². The molecule has 0 unspecified atom stereocenters. The lowest BCUT2D eigenvalue weighted by Crippen LogP contribution is -2.52. The molecule has 0 saturated heterocycles. The number of hydrogen-bond donors (Lipinski definition) is 1. The van der Waals surface area contributed by atoms with E-state index in [1.54, 1.807) is 0 Å². The second kappa shape index (κ2) is 5.04. The van der Waals surface area contributed by atoms with Gasteiger partial charge in [0.1, 0.15) is 0 Å². The molecule has 2 N–H and O–H groups in total. The van der Waals surface area contributed by atoms with E-state index in [0.717, 1.165) is 38.1 Å². The molecule has 0 aromatic heterocycles. The lowest BCUT2D eigenvalue weighted by atomic mass is 9.72. The van der Waals surface area contributed by atoms with E-state index in [-0.39, 0.29) is 5.91 Å². The highest BCUT2D eigenvalue weighted by Gasteiger charge is 2.48. The summed E-state index contributed by atoms with van der Waals surface area (Å²) < 4.78 is 0. The van der Waals surface area contributed by atoms with Crippen LogP contribution >= 0.6 is 12.2 Å². The molecule has 3 aliphatic carbocycles. The predicted molar refractivity (Wildman–Crippen MR) is 79.8 cm³/mol. The third-order valence-electron chi connectivity index (χ3n) is 4.99. The molecule has 0 bridgehead atoms. The number of hydrogen-bond acceptors (Lipinski definition) is 2. The molecule has 106 valence electrons. The molecule has 0 atom stereocenters. The van der Waals surface area contributed by atoms with Gasteiger partial charge in [-0.05, 0) is 44.4 Å². The van der Waals surface area contributed by atoms with Gasteiger partial charge in [-0.15, -0.1) is 0 Å². The number of carbonyl (C=O) groups is 1. The smallest absolute Gasteiger partial charge is 0.235 e. The summed E-state index contributed by atoms with van der Waals surface area (Å²) in [6.45, 7) is 0.952. The van der Waals surface area contributed by atoms with Crippen LogP contribution in [-0.4, -0.2) is 28.4 Å². The van der Waals surface area contributed by atoms with Crippen LogP contribution in [0.4, 0.5) is 0 Å². The van der Waals surface area contributed by atoms with Crippen LogP contribution in [0.5, 0.6) is 0 Å². The maximum Gasteiger partial charge on any atom is 0.235 e. The fraction of sp³-hybridized carbons (Fsp3) is 0.867. The zero-order valence-corrected chi connectivity index (χ0v) is 12.4. The van der Waals surface area contributed by atoms with Gasteiger partial charge in [-0.3, -0.25) is 4.79 Å². The molecule has 3 fully saturated rings. The van der Waals surface area contributed by atoms with Gasteiger partial charge in [-0.1, -0.05) is 31.5 Å². The normalized spacial score (nSPS) is 25.9. The Morgan fingerprint density at radius 3 is 2.26 bits per heavy atom. The second-order valence-corrected chi connectivity index (χ2v) is 7.08. The Hall–Kier alpha value is -0.640. The molecule has 19 heavy (non-hydrogen) atoms. The van der Waals surface area contributed by atoms with E-state index in [1.807, 2.05) is 0 Å². The van der Waals surface area contributed by atoms with Crippen LogP contribution in [0.25, 0.3) is 0 Å². The van der Waals surface area contributed by atoms with Gasteiger partial charge >= 0.3 is 0 Å². The van der Waals surface area contributed by atoms with Crippen LogP contribution in [0.15, 0.2) is 0 Å². The molecule has 3 nitrogen and oxygen atoms in total. The number of thiocarbonyl (C=S) groups is 1. The van der Waals surface area contributed by atoms with Gasteiger partial charge in [0.2, 0.25) is 5.91 Å². The van der Waals surface area contributed by atoms with Gasteiger partial charge in [0.05, 0.1) is 10.4 Å². The van der Waals surface area contributed by atoms with E-state index in [9.17, 15) is 4.79 Å². The average Bonchev–Trinajstić information content (AvgIpc) is 3.28. The van der Waals surface area contributed by atoms with Gasteiger partial charge in [0, 0.05) is 12.6 Å². The quantitative estimate of drug-likeness (QED) is 0.788. The highest BCUT2D eigenvalue weighted by Crippen LogP contribution is 2.42. The van der Waals surface area contributed by atoms with Gasteiger partial charge in [0.15, 0.2) is 0 Å². The topological polar surface area (TPSA) is 46.3 Å². The number of carbonyl (C=O) groups excluding carboxylic acids is 1. The maximum absolute atomic E-state index is 13.1. The highest BCUT2D eigenvalue weighted by atomic mass is 32.1. The van der Waals surface area contributed by atoms with E-state index in [1.165, 1.54) is 32.1 Å². The van der Waals surface area contributed by atoms with Crippen LogP contribution in [-0.2, 0) is 4.79 Å². The Kier molecular flexibility index (Phi) is 3.54. The third kappa shape index (κ3) is 2.64. The summed E-state index contributed by atoms with van der Waals surface area (Å²) >= 11 is 5.29. The van der Waals surface area contributed by atoms with Crippen LogP contribution in [0.1, 0.15) is 57.8 Å². The molecule has 0 heterocycles. The summed E-state index contributed by atoms with van der Waals surface area (Å²) in [5, 5.41) is 0. The molecule has 0 spiro atoms. The maximum atomic E-state index is 13.1. The monoisotopic (exact) mass is 280 g/mol. The molecule has 4 heteroatoms. The van der Waals surface area contributed by atoms with Crippen molar-refractivity contribution in [3.8, 4) is 0 Å². The molecular formula is C15H24N2OS. The Bertz CT molecular complexity index is 382. The van der Waals surface area contributed by atoms with Gasteiger partial charge in [0.25, 0.3) is 0 Å². The first-order valence-corrected chi connectivity index (χ1v) is 8.15. The molecule has 0 aromatic carbocycles. The number of nitrogens with zero attached hydrogens (tertiary/aromatic N) is 1. The molecule has 0 radical (unpaired) electrons. The molecule has 0 aromatic rings.